The van der Waals surface area contributed by atoms with Gasteiger partial charge in [-0.3, -0.25) is 9.59 Å². The van der Waals surface area contributed by atoms with Gasteiger partial charge in [0.05, 0.1) is 11.4 Å². The number of rotatable bonds is 5. The van der Waals surface area contributed by atoms with Gasteiger partial charge >= 0.3 is 0 Å². The van der Waals surface area contributed by atoms with Gasteiger partial charge < -0.3 is 0 Å². The monoisotopic (exact) mass is 360 g/mol. The molecule has 0 aliphatic rings. The van der Waals surface area contributed by atoms with Crippen molar-refractivity contribution in [2.45, 2.75) is 0 Å². The highest BCUT2D eigenvalue weighted by Crippen LogP contribution is 2.31. The van der Waals surface area contributed by atoms with Crippen molar-refractivity contribution >= 4 is 57.2 Å². The number of hydrogen-bond acceptors (Lipinski definition) is 6. The van der Waals surface area contributed by atoms with Crippen LogP contribution in [-0.4, -0.2) is 22.6 Å². The van der Waals surface area contributed by atoms with Crippen LogP contribution in [0.2, 0.25) is 0 Å². The molecular formula is C16H6Cl2N2O4. The van der Waals surface area contributed by atoms with Crippen LogP contribution in [0.1, 0.15) is 20.7 Å². The summed E-state index contributed by atoms with van der Waals surface area (Å²) >= 11 is 10.9. The third kappa shape index (κ3) is 4.10. The van der Waals surface area contributed by atoms with Gasteiger partial charge in [-0.25, -0.2) is 9.59 Å². The molecule has 0 atom stereocenters. The van der Waals surface area contributed by atoms with Gasteiger partial charge in [0.25, 0.3) is 10.5 Å². The van der Waals surface area contributed by atoms with Crippen LogP contribution in [0.4, 0.5) is 11.4 Å². The van der Waals surface area contributed by atoms with Crippen molar-refractivity contribution in [3.05, 3.63) is 47.5 Å². The van der Waals surface area contributed by atoms with E-state index in [2.05, 4.69) is 9.98 Å². The van der Waals surface area contributed by atoms with Crippen LogP contribution in [0.3, 0.4) is 0 Å². The first-order valence-corrected chi connectivity index (χ1v) is 7.06. The minimum atomic E-state index is -0.755. The van der Waals surface area contributed by atoms with Gasteiger partial charge in [-0.05, 0) is 70.7 Å². The molecule has 2 rings (SSSR count). The molecule has 0 bridgehead atoms. The summed E-state index contributed by atoms with van der Waals surface area (Å²) in [7, 11) is 0. The van der Waals surface area contributed by atoms with Crippen molar-refractivity contribution in [3.8, 4) is 11.1 Å². The number of isocyanates is 2. The van der Waals surface area contributed by atoms with Gasteiger partial charge in [0.2, 0.25) is 12.2 Å². The Bertz CT molecular complexity index is 825. The van der Waals surface area contributed by atoms with Crippen LogP contribution in [0.15, 0.2) is 46.4 Å². The first kappa shape index (κ1) is 17.5. The molecule has 0 spiro atoms. The van der Waals surface area contributed by atoms with E-state index >= 15 is 0 Å². The average molecular weight is 361 g/mol. The first-order valence-electron chi connectivity index (χ1n) is 6.30. The van der Waals surface area contributed by atoms with E-state index < -0.39 is 10.5 Å². The zero-order valence-corrected chi connectivity index (χ0v) is 13.3. The summed E-state index contributed by atoms with van der Waals surface area (Å²) in [6, 6.07) is 8.44. The fourth-order valence-corrected chi connectivity index (χ4v) is 2.24. The standard InChI is InChI=1S/C16H6Cl2N2O4/c17-15(23)11-1-9(3-13(5-11)19-7-21)10-2-12(16(18)24)6-14(4-10)20-8-22/h1-6H. The summed E-state index contributed by atoms with van der Waals surface area (Å²) in [6.07, 6.45) is 2.73. The highest BCUT2D eigenvalue weighted by atomic mass is 35.5. The van der Waals surface area contributed by atoms with Crippen LogP contribution in [0.25, 0.3) is 11.1 Å². The van der Waals surface area contributed by atoms with Crippen LogP contribution in [-0.2, 0) is 9.59 Å². The molecule has 0 N–H and O–H groups in total. The van der Waals surface area contributed by atoms with Crippen molar-refractivity contribution < 1.29 is 19.2 Å². The zero-order chi connectivity index (χ0) is 17.7. The van der Waals surface area contributed by atoms with Crippen LogP contribution in [0, 0.1) is 0 Å². The van der Waals surface area contributed by atoms with E-state index in [1.165, 1.54) is 48.6 Å². The lowest BCUT2D eigenvalue weighted by Crippen LogP contribution is -1.92. The molecule has 0 saturated heterocycles. The molecule has 0 saturated carbocycles. The van der Waals surface area contributed by atoms with Gasteiger partial charge in [-0.2, -0.15) is 9.98 Å². The number of halogens is 2. The average Bonchev–Trinajstić information content (AvgIpc) is 2.54. The maximum Gasteiger partial charge on any atom is 0.252 e. The minimum absolute atomic E-state index is 0.0891. The maximum absolute atomic E-state index is 11.4. The Balaban J connectivity index is 2.74. The lowest BCUT2D eigenvalue weighted by atomic mass is 10.00. The third-order valence-corrected chi connectivity index (χ3v) is 3.41. The Hall–Kier alpha value is -2.88. The zero-order valence-electron chi connectivity index (χ0n) is 11.7. The third-order valence-electron chi connectivity index (χ3n) is 2.97. The van der Waals surface area contributed by atoms with Crippen LogP contribution < -0.4 is 0 Å². The largest absolute Gasteiger partial charge is 0.276 e. The number of aliphatic imine (C=N–C) groups is 2. The van der Waals surface area contributed by atoms with E-state index in [1.807, 2.05) is 0 Å². The van der Waals surface area contributed by atoms with E-state index in [9.17, 15) is 19.2 Å². The first-order chi connectivity index (χ1) is 11.4. The van der Waals surface area contributed by atoms with Crippen LogP contribution >= 0.6 is 23.2 Å². The molecule has 0 aliphatic carbocycles. The fourth-order valence-electron chi connectivity index (χ4n) is 2.02. The molecule has 0 aromatic heterocycles. The van der Waals surface area contributed by atoms with Gasteiger partial charge in [0.1, 0.15) is 0 Å². The Morgan fingerprint density at radius 3 is 1.38 bits per heavy atom. The topological polar surface area (TPSA) is 93.0 Å². The molecule has 0 radical (unpaired) electrons. The summed E-state index contributed by atoms with van der Waals surface area (Å²) < 4.78 is 0. The second kappa shape index (κ2) is 7.59. The minimum Gasteiger partial charge on any atom is -0.276 e. The van der Waals surface area contributed by atoms with Gasteiger partial charge in [0.15, 0.2) is 0 Å². The molecule has 0 fully saturated rings. The molecule has 2 aromatic rings. The van der Waals surface area contributed by atoms with Gasteiger partial charge in [-0.15, -0.1) is 0 Å². The SMILES string of the molecule is O=C=Nc1cc(C(=O)Cl)cc(-c2cc(N=C=O)cc(C(=O)Cl)c2)c1. The quantitative estimate of drug-likeness (QED) is 0.456. The molecule has 0 aliphatic heterocycles. The second-order valence-electron chi connectivity index (χ2n) is 4.49. The summed E-state index contributed by atoms with van der Waals surface area (Å²) in [5.41, 5.74) is 1.30. The summed E-state index contributed by atoms with van der Waals surface area (Å²) in [4.78, 5) is 50.6. The Morgan fingerprint density at radius 2 is 1.08 bits per heavy atom. The van der Waals surface area contributed by atoms with Gasteiger partial charge in [0, 0.05) is 11.1 Å². The normalized spacial score (nSPS) is 9.58. The summed E-state index contributed by atoms with van der Waals surface area (Å²) in [5, 5.41) is -1.51. The number of hydrogen-bond donors (Lipinski definition) is 0. The Kier molecular flexibility index (Phi) is 5.53. The highest BCUT2D eigenvalue weighted by molar-refractivity contribution is 6.68. The molecule has 0 amide bonds. The second-order valence-corrected chi connectivity index (χ2v) is 5.18. The van der Waals surface area contributed by atoms with E-state index in [0.29, 0.717) is 11.1 Å². The Morgan fingerprint density at radius 1 is 0.708 bits per heavy atom. The van der Waals surface area contributed by atoms with Crippen LogP contribution in [0.5, 0.6) is 0 Å². The van der Waals surface area contributed by atoms with Crippen molar-refractivity contribution in [3.63, 3.8) is 0 Å². The van der Waals surface area contributed by atoms with E-state index in [4.69, 9.17) is 23.2 Å². The predicted molar refractivity (Wildman–Crippen MR) is 87.8 cm³/mol. The molecule has 6 nitrogen and oxygen atoms in total. The van der Waals surface area contributed by atoms with E-state index in [1.54, 1.807) is 0 Å². The van der Waals surface area contributed by atoms with Crippen molar-refractivity contribution in [1.29, 1.82) is 0 Å². The van der Waals surface area contributed by atoms with E-state index in [0.717, 1.165) is 0 Å². The summed E-state index contributed by atoms with van der Waals surface area (Å²) in [6.45, 7) is 0. The molecular weight excluding hydrogens is 355 g/mol. The molecule has 0 unspecified atom stereocenters. The maximum atomic E-state index is 11.4. The smallest absolute Gasteiger partial charge is 0.252 e. The molecule has 24 heavy (non-hydrogen) atoms. The number of carbonyl (C=O) groups is 2. The molecule has 2 aromatic carbocycles. The summed E-state index contributed by atoms with van der Waals surface area (Å²) in [5.74, 6) is 0. The number of nitrogens with zero attached hydrogens (tertiary/aromatic N) is 2. The van der Waals surface area contributed by atoms with Crippen molar-refractivity contribution in [2.75, 3.05) is 0 Å². The van der Waals surface area contributed by atoms with E-state index in [-0.39, 0.29) is 22.5 Å². The fraction of sp³-hybridized carbons (Fsp3) is 0. The number of benzene rings is 2. The lowest BCUT2D eigenvalue weighted by Gasteiger charge is -2.07. The molecule has 118 valence electrons. The predicted octanol–water partition coefficient (Wildman–Crippen LogP) is 4.05. The van der Waals surface area contributed by atoms with Crippen molar-refractivity contribution in [1.82, 2.24) is 0 Å². The number of carbonyl (C=O) groups excluding carboxylic acids is 4. The molecule has 8 heteroatoms. The highest BCUT2D eigenvalue weighted by Gasteiger charge is 2.11. The molecule has 0 heterocycles. The van der Waals surface area contributed by atoms with Crippen molar-refractivity contribution in [2.24, 2.45) is 9.98 Å². The lowest BCUT2D eigenvalue weighted by molar-refractivity contribution is 0.107. The Labute approximate surface area is 145 Å². The van der Waals surface area contributed by atoms with Gasteiger partial charge in [-0.1, -0.05) is 0 Å².